The van der Waals surface area contributed by atoms with Gasteiger partial charge in [-0.15, -0.1) is 0 Å². The van der Waals surface area contributed by atoms with E-state index >= 15 is 0 Å². The largest absolute Gasteiger partial charge is 0.328 e. The molecule has 0 aromatic heterocycles. The SMILES string of the molecule is CCN(C(=O)NC1(c2ccc(C)cc2)CC1)c1ccccc1. The molecule has 1 N–H and O–H groups in total. The lowest BCUT2D eigenvalue weighted by atomic mass is 10.0. The highest BCUT2D eigenvalue weighted by atomic mass is 16.2. The Balaban J connectivity index is 1.77. The number of nitrogens with zero attached hydrogens (tertiary/aromatic N) is 1. The van der Waals surface area contributed by atoms with Crippen LogP contribution in [0.5, 0.6) is 0 Å². The number of carbonyl (C=O) groups excluding carboxylic acids is 1. The van der Waals surface area contributed by atoms with Gasteiger partial charge in [-0.25, -0.2) is 4.79 Å². The maximum absolute atomic E-state index is 12.7. The zero-order valence-electron chi connectivity index (χ0n) is 13.2. The average Bonchev–Trinajstić information content (AvgIpc) is 3.30. The highest BCUT2D eigenvalue weighted by molar-refractivity contribution is 5.92. The molecule has 0 radical (unpaired) electrons. The van der Waals surface area contributed by atoms with E-state index < -0.39 is 0 Å². The summed E-state index contributed by atoms with van der Waals surface area (Å²) in [5, 5.41) is 3.24. The third kappa shape index (κ3) is 2.84. The minimum absolute atomic E-state index is 0.0215. The summed E-state index contributed by atoms with van der Waals surface area (Å²) in [6.07, 6.45) is 2.02. The zero-order chi connectivity index (χ0) is 15.6. The molecule has 22 heavy (non-hydrogen) atoms. The molecule has 2 aromatic rings. The summed E-state index contributed by atoms with van der Waals surface area (Å²) in [5.41, 5.74) is 3.20. The molecule has 1 saturated carbocycles. The van der Waals surface area contributed by atoms with Gasteiger partial charge in [0.15, 0.2) is 0 Å². The number of hydrogen-bond acceptors (Lipinski definition) is 1. The van der Waals surface area contributed by atoms with Gasteiger partial charge in [-0.1, -0.05) is 48.0 Å². The lowest BCUT2D eigenvalue weighted by Gasteiger charge is -2.26. The van der Waals surface area contributed by atoms with Crippen LogP contribution in [0.3, 0.4) is 0 Å². The fraction of sp³-hybridized carbons (Fsp3) is 0.316. The first-order chi connectivity index (χ1) is 10.6. The number of carbonyl (C=O) groups is 1. The maximum atomic E-state index is 12.7. The molecule has 0 unspecified atom stereocenters. The van der Waals surface area contributed by atoms with Crippen molar-refractivity contribution < 1.29 is 4.79 Å². The summed E-state index contributed by atoms with van der Waals surface area (Å²) in [6.45, 7) is 4.73. The van der Waals surface area contributed by atoms with Gasteiger partial charge in [0.2, 0.25) is 0 Å². The van der Waals surface area contributed by atoms with Crippen molar-refractivity contribution in [2.24, 2.45) is 0 Å². The Bertz CT molecular complexity index is 645. The number of hydrogen-bond donors (Lipinski definition) is 1. The summed E-state index contributed by atoms with van der Waals surface area (Å²) >= 11 is 0. The van der Waals surface area contributed by atoms with Crippen LogP contribution in [0.15, 0.2) is 54.6 Å². The Morgan fingerprint density at radius 2 is 1.73 bits per heavy atom. The Labute approximate surface area is 132 Å². The van der Waals surface area contributed by atoms with Crippen molar-refractivity contribution >= 4 is 11.7 Å². The van der Waals surface area contributed by atoms with Crippen molar-refractivity contribution in [3.63, 3.8) is 0 Å². The fourth-order valence-corrected chi connectivity index (χ4v) is 2.81. The van der Waals surface area contributed by atoms with Crippen LogP contribution in [0, 0.1) is 6.92 Å². The van der Waals surface area contributed by atoms with E-state index in [-0.39, 0.29) is 11.6 Å². The number of amides is 2. The van der Waals surface area contributed by atoms with E-state index in [0.29, 0.717) is 6.54 Å². The second kappa shape index (κ2) is 5.84. The van der Waals surface area contributed by atoms with Crippen LogP contribution >= 0.6 is 0 Å². The van der Waals surface area contributed by atoms with E-state index in [1.54, 1.807) is 4.90 Å². The number of para-hydroxylation sites is 1. The highest BCUT2D eigenvalue weighted by Gasteiger charge is 2.46. The molecule has 2 amide bonds. The smallest absolute Gasteiger partial charge is 0.322 e. The normalized spacial score (nSPS) is 15.2. The molecule has 2 aromatic carbocycles. The van der Waals surface area contributed by atoms with Crippen molar-refractivity contribution in [1.29, 1.82) is 0 Å². The molecule has 1 fully saturated rings. The molecule has 1 aliphatic carbocycles. The van der Waals surface area contributed by atoms with Gasteiger partial charge in [0.1, 0.15) is 0 Å². The van der Waals surface area contributed by atoms with E-state index in [4.69, 9.17) is 0 Å². The third-order valence-corrected chi connectivity index (χ3v) is 4.33. The van der Waals surface area contributed by atoms with Gasteiger partial charge >= 0.3 is 6.03 Å². The summed E-state index contributed by atoms with van der Waals surface area (Å²) < 4.78 is 0. The predicted octanol–water partition coefficient (Wildman–Crippen LogP) is 4.22. The molecule has 3 rings (SSSR count). The van der Waals surface area contributed by atoms with Gasteiger partial charge in [0.05, 0.1) is 5.54 Å². The maximum Gasteiger partial charge on any atom is 0.322 e. The number of anilines is 1. The Morgan fingerprint density at radius 1 is 1.09 bits per heavy atom. The summed E-state index contributed by atoms with van der Waals surface area (Å²) in [7, 11) is 0. The predicted molar refractivity (Wildman–Crippen MR) is 90.1 cm³/mol. The first-order valence-corrected chi connectivity index (χ1v) is 7.86. The van der Waals surface area contributed by atoms with Gasteiger partial charge in [-0.3, -0.25) is 4.90 Å². The van der Waals surface area contributed by atoms with E-state index in [1.807, 2.05) is 37.3 Å². The average molecular weight is 294 g/mol. The summed E-state index contributed by atoms with van der Waals surface area (Å²) in [6, 6.07) is 18.3. The summed E-state index contributed by atoms with van der Waals surface area (Å²) in [4.78, 5) is 14.5. The third-order valence-electron chi connectivity index (χ3n) is 4.33. The van der Waals surface area contributed by atoms with Crippen molar-refractivity contribution in [2.75, 3.05) is 11.4 Å². The molecule has 3 heteroatoms. The Kier molecular flexibility index (Phi) is 3.88. The quantitative estimate of drug-likeness (QED) is 0.899. The monoisotopic (exact) mass is 294 g/mol. The molecule has 0 spiro atoms. The lowest BCUT2D eigenvalue weighted by Crippen LogP contribution is -2.45. The minimum Gasteiger partial charge on any atom is -0.328 e. The van der Waals surface area contributed by atoms with Crippen molar-refractivity contribution in [3.8, 4) is 0 Å². The topological polar surface area (TPSA) is 32.3 Å². The Morgan fingerprint density at radius 3 is 2.27 bits per heavy atom. The van der Waals surface area contributed by atoms with Gasteiger partial charge in [-0.2, -0.15) is 0 Å². The van der Waals surface area contributed by atoms with Crippen molar-refractivity contribution in [1.82, 2.24) is 5.32 Å². The first kappa shape index (κ1) is 14.6. The number of nitrogens with one attached hydrogen (secondary N) is 1. The number of benzene rings is 2. The minimum atomic E-state index is -0.174. The van der Waals surface area contributed by atoms with Crippen LogP contribution in [0.1, 0.15) is 30.9 Å². The highest BCUT2D eigenvalue weighted by Crippen LogP contribution is 2.45. The van der Waals surface area contributed by atoms with Crippen LogP contribution < -0.4 is 10.2 Å². The molecule has 3 nitrogen and oxygen atoms in total. The number of rotatable bonds is 4. The molecule has 0 aliphatic heterocycles. The Hall–Kier alpha value is -2.29. The molecular weight excluding hydrogens is 272 g/mol. The van der Waals surface area contributed by atoms with E-state index in [9.17, 15) is 4.79 Å². The van der Waals surface area contributed by atoms with Gasteiger partial charge < -0.3 is 5.32 Å². The van der Waals surface area contributed by atoms with Gasteiger partial charge in [0.25, 0.3) is 0 Å². The number of urea groups is 1. The zero-order valence-corrected chi connectivity index (χ0v) is 13.2. The van der Waals surface area contributed by atoms with Crippen LogP contribution in [0.25, 0.3) is 0 Å². The molecule has 1 aliphatic rings. The second-order valence-corrected chi connectivity index (χ2v) is 5.96. The van der Waals surface area contributed by atoms with Gasteiger partial charge in [0, 0.05) is 12.2 Å². The van der Waals surface area contributed by atoms with Crippen LogP contribution in [-0.2, 0) is 5.54 Å². The molecular formula is C19H22N2O. The molecule has 0 saturated heterocycles. The standard InChI is InChI=1S/C19H22N2O/c1-3-21(17-7-5-4-6-8-17)18(22)20-19(13-14-19)16-11-9-15(2)10-12-16/h4-12H,3,13-14H2,1-2H3,(H,20,22). The van der Waals surface area contributed by atoms with Crippen molar-refractivity contribution in [2.45, 2.75) is 32.2 Å². The number of aryl methyl sites for hydroxylation is 1. The lowest BCUT2D eigenvalue weighted by molar-refractivity contribution is 0.241. The molecule has 114 valence electrons. The molecule has 0 atom stereocenters. The summed E-state index contributed by atoms with van der Waals surface area (Å²) in [5.74, 6) is 0. The van der Waals surface area contributed by atoms with Crippen LogP contribution in [0.2, 0.25) is 0 Å². The second-order valence-electron chi connectivity index (χ2n) is 5.96. The molecule has 0 bridgehead atoms. The van der Waals surface area contributed by atoms with E-state index in [1.165, 1.54) is 11.1 Å². The van der Waals surface area contributed by atoms with Gasteiger partial charge in [-0.05, 0) is 44.4 Å². The van der Waals surface area contributed by atoms with E-state index in [0.717, 1.165) is 18.5 Å². The first-order valence-electron chi connectivity index (χ1n) is 7.86. The fourth-order valence-electron chi connectivity index (χ4n) is 2.81. The van der Waals surface area contributed by atoms with Crippen molar-refractivity contribution in [3.05, 3.63) is 65.7 Å². The van der Waals surface area contributed by atoms with E-state index in [2.05, 4.69) is 36.5 Å². The van der Waals surface area contributed by atoms with Crippen LogP contribution in [0.4, 0.5) is 10.5 Å². The van der Waals surface area contributed by atoms with Crippen LogP contribution in [-0.4, -0.2) is 12.6 Å². The molecule has 0 heterocycles.